The Labute approximate surface area is 121 Å². The number of nitrogens with one attached hydrogen (secondary N) is 1. The van der Waals surface area contributed by atoms with E-state index >= 15 is 0 Å². The Morgan fingerprint density at radius 2 is 1.83 bits per heavy atom. The minimum Gasteiger partial charge on any atom is -0.365 e. The monoisotopic (exact) mass is 324 g/mol. The van der Waals surface area contributed by atoms with Crippen LogP contribution in [0.3, 0.4) is 0 Å². The van der Waals surface area contributed by atoms with Gasteiger partial charge >= 0.3 is 0 Å². The van der Waals surface area contributed by atoms with E-state index in [4.69, 9.17) is 0 Å². The lowest BCUT2D eigenvalue weighted by Crippen LogP contribution is -1.90. The molecular weight excluding hydrogens is 308 g/mol. The van der Waals surface area contributed by atoms with Crippen molar-refractivity contribution in [2.75, 3.05) is 12.4 Å². The molecule has 0 aliphatic heterocycles. The van der Waals surface area contributed by atoms with Crippen molar-refractivity contribution in [3.63, 3.8) is 0 Å². The molecule has 96 valence electrons. The van der Waals surface area contributed by atoms with Crippen LogP contribution in [-0.4, -0.2) is 12.0 Å². The summed E-state index contributed by atoms with van der Waals surface area (Å²) in [6, 6.07) is 8.89. The number of thiazole rings is 1. The van der Waals surface area contributed by atoms with Gasteiger partial charge in [0.2, 0.25) is 0 Å². The summed E-state index contributed by atoms with van der Waals surface area (Å²) in [4.78, 5) is 5.70. The zero-order valence-corrected chi connectivity index (χ0v) is 13.1. The van der Waals surface area contributed by atoms with Gasteiger partial charge in [0.1, 0.15) is 4.60 Å². The van der Waals surface area contributed by atoms with Gasteiger partial charge in [-0.2, -0.15) is 0 Å². The summed E-state index contributed by atoms with van der Waals surface area (Å²) in [6.07, 6.45) is 3.20. The maximum Gasteiger partial charge on any atom is 0.183 e. The molecule has 0 saturated heterocycles. The van der Waals surface area contributed by atoms with Crippen molar-refractivity contribution >= 4 is 32.4 Å². The molecule has 0 saturated carbocycles. The molecule has 0 fully saturated rings. The van der Waals surface area contributed by atoms with Gasteiger partial charge in [-0.15, -0.1) is 11.3 Å². The van der Waals surface area contributed by atoms with Gasteiger partial charge in [0.25, 0.3) is 0 Å². The molecule has 1 aromatic heterocycles. The molecule has 2 nitrogen and oxygen atoms in total. The van der Waals surface area contributed by atoms with Crippen LogP contribution in [0.25, 0.3) is 0 Å². The zero-order valence-electron chi connectivity index (χ0n) is 10.7. The van der Waals surface area contributed by atoms with Gasteiger partial charge in [0.15, 0.2) is 5.13 Å². The highest BCUT2D eigenvalue weighted by molar-refractivity contribution is 9.10. The summed E-state index contributed by atoms with van der Waals surface area (Å²) in [5, 5.41) is 4.05. The van der Waals surface area contributed by atoms with E-state index < -0.39 is 0 Å². The molecule has 0 bridgehead atoms. The van der Waals surface area contributed by atoms with Crippen molar-refractivity contribution in [3.8, 4) is 0 Å². The Hall–Kier alpha value is -0.870. The van der Waals surface area contributed by atoms with Crippen LogP contribution in [0.15, 0.2) is 28.9 Å². The molecule has 0 unspecified atom stereocenters. The third kappa shape index (κ3) is 3.33. The normalized spacial score (nSPS) is 10.6. The molecule has 2 aromatic rings. The van der Waals surface area contributed by atoms with Crippen molar-refractivity contribution in [1.29, 1.82) is 0 Å². The van der Waals surface area contributed by atoms with Crippen LogP contribution in [-0.2, 0) is 19.3 Å². The standard InChI is InChI=1S/C14H17BrN2S/c1-3-10-4-6-11(7-5-10)8-9-12-13(15)17-14(16-2)18-12/h4-7H,3,8-9H2,1-2H3,(H,16,17). The lowest BCUT2D eigenvalue weighted by Gasteiger charge is -2.02. The zero-order chi connectivity index (χ0) is 13.0. The van der Waals surface area contributed by atoms with Gasteiger partial charge in [0.05, 0.1) is 0 Å². The largest absolute Gasteiger partial charge is 0.365 e. The fourth-order valence-corrected chi connectivity index (χ4v) is 3.34. The molecule has 1 heterocycles. The number of anilines is 1. The summed E-state index contributed by atoms with van der Waals surface area (Å²) >= 11 is 5.23. The van der Waals surface area contributed by atoms with E-state index in [9.17, 15) is 0 Å². The van der Waals surface area contributed by atoms with Crippen LogP contribution < -0.4 is 5.32 Å². The molecule has 0 aliphatic carbocycles. The fraction of sp³-hybridized carbons (Fsp3) is 0.357. The van der Waals surface area contributed by atoms with Crippen molar-refractivity contribution in [2.45, 2.75) is 26.2 Å². The third-order valence-corrected chi connectivity index (χ3v) is 4.99. The smallest absolute Gasteiger partial charge is 0.183 e. The second-order valence-electron chi connectivity index (χ2n) is 4.15. The van der Waals surface area contributed by atoms with E-state index in [1.807, 2.05) is 7.05 Å². The molecule has 0 aliphatic rings. The first-order valence-corrected chi connectivity index (χ1v) is 7.74. The predicted molar refractivity (Wildman–Crippen MR) is 82.6 cm³/mol. The SMILES string of the molecule is CCc1ccc(CCc2sc(NC)nc2Br)cc1. The average molecular weight is 325 g/mol. The van der Waals surface area contributed by atoms with Gasteiger partial charge in [-0.25, -0.2) is 4.98 Å². The lowest BCUT2D eigenvalue weighted by molar-refractivity contribution is 0.966. The van der Waals surface area contributed by atoms with Gasteiger partial charge in [-0.1, -0.05) is 31.2 Å². The average Bonchev–Trinajstić information content (AvgIpc) is 2.77. The van der Waals surface area contributed by atoms with Crippen molar-refractivity contribution < 1.29 is 0 Å². The summed E-state index contributed by atoms with van der Waals surface area (Å²) in [6.45, 7) is 2.18. The highest BCUT2D eigenvalue weighted by Gasteiger charge is 2.07. The van der Waals surface area contributed by atoms with E-state index in [0.717, 1.165) is 29.0 Å². The maximum atomic E-state index is 4.39. The number of halogens is 1. The molecule has 0 amide bonds. The predicted octanol–water partition coefficient (Wildman–Crippen LogP) is 4.29. The molecule has 2 rings (SSSR count). The van der Waals surface area contributed by atoms with Crippen LogP contribution in [0.2, 0.25) is 0 Å². The minimum absolute atomic E-state index is 0.971. The van der Waals surface area contributed by atoms with E-state index in [1.54, 1.807) is 11.3 Å². The first-order chi connectivity index (χ1) is 8.72. The van der Waals surface area contributed by atoms with Crippen LogP contribution >= 0.6 is 27.3 Å². The molecular formula is C14H17BrN2S. The first-order valence-electron chi connectivity index (χ1n) is 6.13. The Bertz CT molecular complexity index is 505. The number of hydrogen-bond donors (Lipinski definition) is 1. The maximum absolute atomic E-state index is 4.39. The van der Waals surface area contributed by atoms with Crippen LogP contribution in [0.4, 0.5) is 5.13 Å². The third-order valence-electron chi connectivity index (χ3n) is 2.94. The Balaban J connectivity index is 1.99. The Morgan fingerprint density at radius 3 is 2.39 bits per heavy atom. The highest BCUT2D eigenvalue weighted by Crippen LogP contribution is 2.28. The summed E-state index contributed by atoms with van der Waals surface area (Å²) in [5.74, 6) is 0. The molecule has 1 aromatic carbocycles. The number of rotatable bonds is 5. The number of nitrogens with zero attached hydrogens (tertiary/aromatic N) is 1. The second-order valence-corrected chi connectivity index (χ2v) is 5.99. The molecule has 0 atom stereocenters. The highest BCUT2D eigenvalue weighted by atomic mass is 79.9. The van der Waals surface area contributed by atoms with E-state index in [2.05, 4.69) is 57.4 Å². The number of aromatic nitrogens is 1. The summed E-state index contributed by atoms with van der Waals surface area (Å²) in [7, 11) is 1.90. The van der Waals surface area contributed by atoms with Crippen LogP contribution in [0.1, 0.15) is 22.9 Å². The number of aryl methyl sites for hydroxylation is 3. The van der Waals surface area contributed by atoms with E-state index in [0.29, 0.717) is 0 Å². The van der Waals surface area contributed by atoms with Gasteiger partial charge in [-0.3, -0.25) is 0 Å². The van der Waals surface area contributed by atoms with E-state index in [-0.39, 0.29) is 0 Å². The fourth-order valence-electron chi connectivity index (χ4n) is 1.79. The number of hydrogen-bond acceptors (Lipinski definition) is 3. The van der Waals surface area contributed by atoms with Crippen LogP contribution in [0.5, 0.6) is 0 Å². The quantitative estimate of drug-likeness (QED) is 0.887. The Kier molecular flexibility index (Phi) is 4.78. The number of benzene rings is 1. The lowest BCUT2D eigenvalue weighted by atomic mass is 10.1. The summed E-state index contributed by atoms with van der Waals surface area (Å²) in [5.41, 5.74) is 2.79. The van der Waals surface area contributed by atoms with Crippen molar-refractivity contribution in [1.82, 2.24) is 4.98 Å². The van der Waals surface area contributed by atoms with Crippen molar-refractivity contribution in [2.24, 2.45) is 0 Å². The topological polar surface area (TPSA) is 24.9 Å². The summed E-state index contributed by atoms with van der Waals surface area (Å²) < 4.78 is 0.974. The van der Waals surface area contributed by atoms with Crippen LogP contribution in [0, 0.1) is 0 Å². The van der Waals surface area contributed by atoms with Gasteiger partial charge < -0.3 is 5.32 Å². The Morgan fingerprint density at radius 1 is 1.17 bits per heavy atom. The van der Waals surface area contributed by atoms with Gasteiger partial charge in [0, 0.05) is 11.9 Å². The van der Waals surface area contributed by atoms with E-state index in [1.165, 1.54) is 16.0 Å². The molecule has 18 heavy (non-hydrogen) atoms. The molecule has 0 radical (unpaired) electrons. The first kappa shape index (κ1) is 13.6. The molecule has 4 heteroatoms. The minimum atomic E-state index is 0.971. The second kappa shape index (κ2) is 6.34. The molecule has 0 spiro atoms. The van der Waals surface area contributed by atoms with Crippen molar-refractivity contribution in [3.05, 3.63) is 44.9 Å². The van der Waals surface area contributed by atoms with Gasteiger partial charge in [-0.05, 0) is 46.3 Å². The molecule has 1 N–H and O–H groups in total.